The van der Waals surface area contributed by atoms with Gasteiger partial charge < -0.3 is 26.0 Å². The lowest BCUT2D eigenvalue weighted by molar-refractivity contribution is 0.212. The van der Waals surface area contributed by atoms with Gasteiger partial charge >= 0.3 is 6.03 Å². The lowest BCUT2D eigenvalue weighted by atomic mass is 9.98. The van der Waals surface area contributed by atoms with Gasteiger partial charge in [-0.1, -0.05) is 12.8 Å². The largest absolute Gasteiger partial charge is 0.433 e. The van der Waals surface area contributed by atoms with Crippen LogP contribution in [-0.4, -0.2) is 56.9 Å². The number of carbonyl (C=O) groups excluding carboxylic acids is 1. The van der Waals surface area contributed by atoms with Gasteiger partial charge in [0.1, 0.15) is 0 Å². The monoisotopic (exact) mass is 518 g/mol. The van der Waals surface area contributed by atoms with Crippen LogP contribution in [0.3, 0.4) is 0 Å². The normalized spacial score (nSPS) is 17.0. The predicted molar refractivity (Wildman–Crippen MR) is 147 cm³/mol. The SMILES string of the molecule is Cc1cc(-c2cnc(N)c(Oc3cnn(C4CCN(C)CC4)c3)n2)cc(C)c1CNC(=O)NC1CCCC1. The Morgan fingerprint density at radius 2 is 1.82 bits per heavy atom. The number of rotatable bonds is 7. The van der Waals surface area contributed by atoms with Crippen molar-refractivity contribution in [3.05, 3.63) is 47.4 Å². The van der Waals surface area contributed by atoms with E-state index in [-0.39, 0.29) is 17.7 Å². The topological polar surface area (TPSA) is 123 Å². The molecule has 10 nitrogen and oxygen atoms in total. The van der Waals surface area contributed by atoms with E-state index in [1.807, 2.05) is 24.7 Å². The van der Waals surface area contributed by atoms with E-state index in [9.17, 15) is 4.79 Å². The second kappa shape index (κ2) is 11.4. The summed E-state index contributed by atoms with van der Waals surface area (Å²) >= 11 is 0. The molecule has 0 bridgehead atoms. The Kier molecular flexibility index (Phi) is 7.78. The number of benzene rings is 1. The number of carbonyl (C=O) groups is 1. The molecule has 3 aromatic rings. The average molecular weight is 519 g/mol. The number of urea groups is 1. The van der Waals surface area contributed by atoms with E-state index >= 15 is 0 Å². The van der Waals surface area contributed by atoms with Gasteiger partial charge in [-0.05, 0) is 88.5 Å². The molecule has 5 rings (SSSR count). The second-order valence-corrected chi connectivity index (χ2v) is 10.6. The van der Waals surface area contributed by atoms with Gasteiger partial charge in [-0.25, -0.2) is 14.8 Å². The van der Waals surface area contributed by atoms with Gasteiger partial charge in [-0.15, -0.1) is 0 Å². The van der Waals surface area contributed by atoms with Gasteiger partial charge in [0.15, 0.2) is 11.6 Å². The van der Waals surface area contributed by atoms with E-state index in [2.05, 4.69) is 49.8 Å². The van der Waals surface area contributed by atoms with Gasteiger partial charge in [-0.2, -0.15) is 5.10 Å². The number of hydrogen-bond acceptors (Lipinski definition) is 7. The van der Waals surface area contributed by atoms with Crippen LogP contribution in [-0.2, 0) is 6.54 Å². The van der Waals surface area contributed by atoms with Crippen molar-refractivity contribution in [3.8, 4) is 22.9 Å². The molecular formula is C28H38N8O2. The first kappa shape index (κ1) is 26.0. The van der Waals surface area contributed by atoms with E-state index in [1.54, 1.807) is 12.4 Å². The van der Waals surface area contributed by atoms with Gasteiger partial charge in [0.2, 0.25) is 0 Å². The van der Waals surface area contributed by atoms with Crippen LogP contribution >= 0.6 is 0 Å². The Labute approximate surface area is 224 Å². The van der Waals surface area contributed by atoms with Crippen molar-refractivity contribution in [2.45, 2.75) is 71.0 Å². The molecule has 2 amide bonds. The molecule has 2 aliphatic rings. The summed E-state index contributed by atoms with van der Waals surface area (Å²) < 4.78 is 8.00. The highest BCUT2D eigenvalue weighted by Crippen LogP contribution is 2.30. The fraction of sp³-hybridized carbons (Fsp3) is 0.500. The first-order valence-corrected chi connectivity index (χ1v) is 13.5. The summed E-state index contributed by atoms with van der Waals surface area (Å²) in [6.45, 7) is 6.68. The maximum Gasteiger partial charge on any atom is 0.315 e. The fourth-order valence-corrected chi connectivity index (χ4v) is 5.44. The average Bonchev–Trinajstić information content (AvgIpc) is 3.58. The van der Waals surface area contributed by atoms with Crippen LogP contribution in [0.25, 0.3) is 11.3 Å². The minimum Gasteiger partial charge on any atom is -0.433 e. The van der Waals surface area contributed by atoms with Crippen LogP contribution in [0.1, 0.15) is 61.3 Å². The Morgan fingerprint density at radius 1 is 1.11 bits per heavy atom. The number of nitrogens with zero attached hydrogens (tertiary/aromatic N) is 5. The number of amides is 2. The molecule has 2 fully saturated rings. The summed E-state index contributed by atoms with van der Waals surface area (Å²) in [6.07, 6.45) is 11.9. The predicted octanol–water partition coefficient (Wildman–Crippen LogP) is 4.34. The highest BCUT2D eigenvalue weighted by Gasteiger charge is 2.20. The van der Waals surface area contributed by atoms with E-state index < -0.39 is 0 Å². The highest BCUT2D eigenvalue weighted by molar-refractivity contribution is 5.74. The van der Waals surface area contributed by atoms with Crippen molar-refractivity contribution >= 4 is 11.8 Å². The number of nitrogens with one attached hydrogen (secondary N) is 2. The third-order valence-electron chi connectivity index (χ3n) is 7.73. The standard InChI is InChI=1S/C28H38N8O2/c1-18-12-20(13-19(2)24(18)15-31-28(37)33-21-6-4-5-7-21)25-16-30-26(29)27(34-25)38-23-14-32-36(17-23)22-8-10-35(3)11-9-22/h12-14,16-17,21-22H,4-11,15H2,1-3H3,(H2,29,30)(H2,31,33,37). The summed E-state index contributed by atoms with van der Waals surface area (Å²) in [5.41, 5.74) is 10.9. The maximum absolute atomic E-state index is 12.3. The highest BCUT2D eigenvalue weighted by atomic mass is 16.5. The molecule has 0 radical (unpaired) electrons. The smallest absolute Gasteiger partial charge is 0.315 e. The number of nitrogens with two attached hydrogens (primary N) is 1. The van der Waals surface area contributed by atoms with Crippen LogP contribution in [0.15, 0.2) is 30.7 Å². The molecule has 3 heterocycles. The molecule has 0 atom stereocenters. The lowest BCUT2D eigenvalue weighted by Gasteiger charge is -2.28. The van der Waals surface area contributed by atoms with Gasteiger partial charge in [-0.3, -0.25) is 4.68 Å². The molecule has 4 N–H and O–H groups in total. The number of hydrogen-bond donors (Lipinski definition) is 3. The van der Waals surface area contributed by atoms with E-state index in [4.69, 9.17) is 10.5 Å². The number of likely N-dealkylation sites (tertiary alicyclic amines) is 1. The molecule has 1 saturated heterocycles. The molecule has 202 valence electrons. The zero-order chi connectivity index (χ0) is 26.6. The van der Waals surface area contributed by atoms with Crippen LogP contribution in [0.2, 0.25) is 0 Å². The van der Waals surface area contributed by atoms with Gasteiger partial charge in [0.25, 0.3) is 5.88 Å². The summed E-state index contributed by atoms with van der Waals surface area (Å²) in [5, 5.41) is 10.6. The number of nitrogen functional groups attached to an aromatic ring is 1. The number of aromatic nitrogens is 4. The first-order chi connectivity index (χ1) is 18.4. The molecule has 1 aliphatic heterocycles. The lowest BCUT2D eigenvalue weighted by Crippen LogP contribution is -2.40. The summed E-state index contributed by atoms with van der Waals surface area (Å²) in [7, 11) is 2.14. The third kappa shape index (κ3) is 6.07. The maximum atomic E-state index is 12.3. The Balaban J connectivity index is 1.26. The van der Waals surface area contributed by atoms with Crippen molar-refractivity contribution in [2.75, 3.05) is 25.9 Å². The van der Waals surface area contributed by atoms with E-state index in [1.165, 1.54) is 12.8 Å². The van der Waals surface area contributed by atoms with Crippen LogP contribution in [0.4, 0.5) is 10.6 Å². The number of ether oxygens (including phenoxy) is 1. The second-order valence-electron chi connectivity index (χ2n) is 10.6. The summed E-state index contributed by atoms with van der Waals surface area (Å²) in [4.78, 5) is 23.7. The number of piperidine rings is 1. The quantitative estimate of drug-likeness (QED) is 0.425. The third-order valence-corrected chi connectivity index (χ3v) is 7.73. The van der Waals surface area contributed by atoms with E-state index in [0.29, 0.717) is 30.1 Å². The van der Waals surface area contributed by atoms with Crippen molar-refractivity contribution < 1.29 is 9.53 Å². The summed E-state index contributed by atoms with van der Waals surface area (Å²) in [6, 6.07) is 4.67. The van der Waals surface area contributed by atoms with Crippen LogP contribution in [0.5, 0.6) is 11.6 Å². The Morgan fingerprint density at radius 3 is 2.53 bits per heavy atom. The minimum absolute atomic E-state index is 0.106. The molecule has 1 saturated carbocycles. The molecule has 1 aliphatic carbocycles. The Bertz CT molecular complexity index is 1250. The van der Waals surface area contributed by atoms with Crippen molar-refractivity contribution in [2.24, 2.45) is 0 Å². The molecule has 2 aromatic heterocycles. The first-order valence-electron chi connectivity index (χ1n) is 13.5. The Hall–Kier alpha value is -3.66. The minimum atomic E-state index is -0.106. The molecule has 0 unspecified atom stereocenters. The van der Waals surface area contributed by atoms with E-state index in [0.717, 1.165) is 61.0 Å². The fourth-order valence-electron chi connectivity index (χ4n) is 5.44. The summed E-state index contributed by atoms with van der Waals surface area (Å²) in [5.74, 6) is 1.07. The molecule has 38 heavy (non-hydrogen) atoms. The molecular weight excluding hydrogens is 480 g/mol. The van der Waals surface area contributed by atoms with Gasteiger partial charge in [0.05, 0.1) is 30.3 Å². The zero-order valence-electron chi connectivity index (χ0n) is 22.5. The number of aryl methyl sites for hydroxylation is 2. The molecule has 1 aromatic carbocycles. The van der Waals surface area contributed by atoms with Crippen molar-refractivity contribution in [3.63, 3.8) is 0 Å². The van der Waals surface area contributed by atoms with Crippen molar-refractivity contribution in [1.29, 1.82) is 0 Å². The van der Waals surface area contributed by atoms with Crippen molar-refractivity contribution in [1.82, 2.24) is 35.3 Å². The zero-order valence-corrected chi connectivity index (χ0v) is 22.5. The number of anilines is 1. The van der Waals surface area contributed by atoms with Crippen LogP contribution < -0.4 is 21.1 Å². The van der Waals surface area contributed by atoms with Gasteiger partial charge in [0, 0.05) is 18.2 Å². The molecule has 0 spiro atoms. The molecule has 10 heteroatoms. The van der Waals surface area contributed by atoms with Crippen LogP contribution in [0, 0.1) is 13.8 Å².